The van der Waals surface area contributed by atoms with E-state index in [1.807, 2.05) is 46.0 Å². The fourth-order valence-corrected chi connectivity index (χ4v) is 5.31. The first-order valence-corrected chi connectivity index (χ1v) is 12.1. The number of rotatable bonds is 8. The molecule has 0 saturated carbocycles. The van der Waals surface area contributed by atoms with Gasteiger partial charge >= 0.3 is 0 Å². The van der Waals surface area contributed by atoms with E-state index < -0.39 is 0 Å². The first-order valence-electron chi connectivity index (χ1n) is 10.4. The van der Waals surface area contributed by atoms with Gasteiger partial charge in [0.15, 0.2) is 5.13 Å². The van der Waals surface area contributed by atoms with Crippen molar-refractivity contribution in [2.75, 3.05) is 11.4 Å². The molecule has 5 nitrogen and oxygen atoms in total. The van der Waals surface area contributed by atoms with Crippen LogP contribution in [0.15, 0.2) is 66.1 Å². The number of fused-ring (bicyclic) bond motifs is 1. The number of hydrogen-bond donors (Lipinski definition) is 0. The van der Waals surface area contributed by atoms with E-state index in [9.17, 15) is 4.79 Å². The fraction of sp³-hybridized carbons (Fsp3) is 0.292. The third-order valence-corrected chi connectivity index (χ3v) is 6.98. The molecule has 8 heteroatoms. The van der Waals surface area contributed by atoms with Crippen LogP contribution in [0.3, 0.4) is 0 Å². The summed E-state index contributed by atoms with van der Waals surface area (Å²) in [6.07, 6.45) is 6.34. The minimum atomic E-state index is -0.0107. The monoisotopic (exact) mass is 486 g/mol. The number of carbonyl (C=O) groups excluding carboxylic acids is 1. The van der Waals surface area contributed by atoms with Crippen LogP contribution >= 0.6 is 35.5 Å². The van der Waals surface area contributed by atoms with Crippen LogP contribution in [0.4, 0.5) is 5.13 Å². The van der Waals surface area contributed by atoms with E-state index in [0.29, 0.717) is 17.4 Å². The second-order valence-electron chi connectivity index (χ2n) is 7.72. The zero-order valence-corrected chi connectivity index (χ0v) is 20.8. The molecule has 0 spiro atoms. The van der Waals surface area contributed by atoms with E-state index in [1.54, 1.807) is 35.6 Å². The van der Waals surface area contributed by atoms with Gasteiger partial charge in [-0.1, -0.05) is 37.3 Å². The molecule has 2 aromatic carbocycles. The smallest absolute Gasteiger partial charge is 0.260 e. The van der Waals surface area contributed by atoms with Gasteiger partial charge in [0, 0.05) is 41.2 Å². The summed E-state index contributed by atoms with van der Waals surface area (Å²) in [5.74, 6) is -0.0107. The second kappa shape index (κ2) is 11.0. The Morgan fingerprint density at radius 1 is 1.19 bits per heavy atom. The van der Waals surface area contributed by atoms with Crippen molar-refractivity contribution in [3.05, 3.63) is 72.3 Å². The number of nitrogens with zero attached hydrogens (tertiary/aromatic N) is 4. The number of thioether (sulfide) groups is 1. The standard InChI is InChI=1S/C24H26N4OS2.ClH/c1-17(2)30-20-10-8-19(9-11-20)23(29)28(14-5-13-27-15-12-25-16-27)24-26-22-18(3)6-4-7-21(22)31-24;/h4,6-12,15-17H,5,13-14H2,1-3H3;1H. The van der Waals surface area contributed by atoms with Gasteiger partial charge in [0.1, 0.15) is 0 Å². The van der Waals surface area contributed by atoms with Gasteiger partial charge in [-0.25, -0.2) is 9.97 Å². The number of benzene rings is 2. The highest BCUT2D eigenvalue weighted by molar-refractivity contribution is 7.99. The summed E-state index contributed by atoms with van der Waals surface area (Å²) in [5, 5.41) is 1.26. The van der Waals surface area contributed by atoms with Crippen molar-refractivity contribution in [2.45, 2.75) is 43.9 Å². The summed E-state index contributed by atoms with van der Waals surface area (Å²) in [4.78, 5) is 25.4. The maximum atomic E-state index is 13.5. The number of thiazole rings is 1. The predicted octanol–water partition coefficient (Wildman–Crippen LogP) is 6.46. The van der Waals surface area contributed by atoms with Gasteiger partial charge in [0.2, 0.25) is 0 Å². The van der Waals surface area contributed by atoms with Gasteiger partial charge in [0.05, 0.1) is 16.5 Å². The lowest BCUT2D eigenvalue weighted by molar-refractivity contribution is 0.0986. The molecule has 0 N–H and O–H groups in total. The van der Waals surface area contributed by atoms with Crippen LogP contribution < -0.4 is 4.90 Å². The first kappa shape index (κ1) is 24.3. The number of amides is 1. The van der Waals surface area contributed by atoms with Crippen molar-refractivity contribution in [2.24, 2.45) is 0 Å². The van der Waals surface area contributed by atoms with E-state index in [4.69, 9.17) is 4.98 Å². The Kier molecular flexibility index (Phi) is 8.34. The molecule has 2 heterocycles. The molecule has 168 valence electrons. The number of carbonyl (C=O) groups is 1. The maximum Gasteiger partial charge on any atom is 0.260 e. The molecule has 0 saturated heterocycles. The van der Waals surface area contributed by atoms with E-state index in [2.05, 4.69) is 37.9 Å². The molecule has 4 aromatic rings. The maximum absolute atomic E-state index is 13.5. The predicted molar refractivity (Wildman–Crippen MR) is 138 cm³/mol. The Morgan fingerprint density at radius 2 is 1.97 bits per heavy atom. The lowest BCUT2D eigenvalue weighted by Gasteiger charge is -2.20. The second-order valence-corrected chi connectivity index (χ2v) is 10.4. The molecule has 0 aliphatic rings. The van der Waals surface area contributed by atoms with Gasteiger partial charge in [-0.05, 0) is 49.2 Å². The third kappa shape index (κ3) is 5.71. The molecule has 4 rings (SSSR count). The van der Waals surface area contributed by atoms with Crippen LogP contribution in [0.1, 0.15) is 36.2 Å². The topological polar surface area (TPSA) is 51.0 Å². The Balaban J connectivity index is 0.00000289. The molecule has 2 aromatic heterocycles. The zero-order valence-electron chi connectivity index (χ0n) is 18.4. The molecule has 0 aliphatic carbocycles. The zero-order chi connectivity index (χ0) is 21.8. The molecule has 0 radical (unpaired) electrons. The summed E-state index contributed by atoms with van der Waals surface area (Å²) >= 11 is 3.37. The molecule has 0 fully saturated rings. The molecular formula is C24H27ClN4OS2. The molecule has 0 unspecified atom stereocenters. The average molecular weight is 487 g/mol. The summed E-state index contributed by atoms with van der Waals surface area (Å²) in [6, 6.07) is 14.1. The number of aromatic nitrogens is 3. The minimum absolute atomic E-state index is 0. The number of anilines is 1. The van der Waals surface area contributed by atoms with Crippen molar-refractivity contribution >= 4 is 56.8 Å². The Morgan fingerprint density at radius 3 is 2.62 bits per heavy atom. The van der Waals surface area contributed by atoms with Gasteiger partial charge in [-0.2, -0.15) is 0 Å². The van der Waals surface area contributed by atoms with Crippen LogP contribution in [0.2, 0.25) is 0 Å². The van der Waals surface area contributed by atoms with Crippen molar-refractivity contribution in [1.82, 2.24) is 14.5 Å². The van der Waals surface area contributed by atoms with Gasteiger partial charge in [0.25, 0.3) is 5.91 Å². The SMILES string of the molecule is Cc1cccc2sc(N(CCCn3ccnc3)C(=O)c3ccc(SC(C)C)cc3)nc12.Cl. The van der Waals surface area contributed by atoms with Gasteiger partial charge in [-0.3, -0.25) is 9.69 Å². The van der Waals surface area contributed by atoms with E-state index in [-0.39, 0.29) is 18.3 Å². The minimum Gasteiger partial charge on any atom is -0.337 e. The highest BCUT2D eigenvalue weighted by Crippen LogP contribution is 2.32. The highest BCUT2D eigenvalue weighted by Gasteiger charge is 2.21. The van der Waals surface area contributed by atoms with Crippen LogP contribution in [-0.4, -0.2) is 32.2 Å². The van der Waals surface area contributed by atoms with E-state index in [0.717, 1.165) is 33.9 Å². The van der Waals surface area contributed by atoms with Crippen molar-refractivity contribution < 1.29 is 4.79 Å². The van der Waals surface area contributed by atoms with Gasteiger partial charge < -0.3 is 4.57 Å². The van der Waals surface area contributed by atoms with E-state index in [1.165, 1.54) is 4.90 Å². The summed E-state index contributed by atoms with van der Waals surface area (Å²) in [7, 11) is 0. The summed E-state index contributed by atoms with van der Waals surface area (Å²) < 4.78 is 3.13. The molecular weight excluding hydrogens is 460 g/mol. The number of hydrogen-bond acceptors (Lipinski definition) is 5. The Hall–Kier alpha value is -2.35. The molecule has 1 amide bonds. The van der Waals surface area contributed by atoms with Crippen molar-refractivity contribution in [3.63, 3.8) is 0 Å². The van der Waals surface area contributed by atoms with Gasteiger partial charge in [-0.15, -0.1) is 24.2 Å². The number of aryl methyl sites for hydroxylation is 2. The quantitative estimate of drug-likeness (QED) is 0.268. The van der Waals surface area contributed by atoms with Crippen LogP contribution in [-0.2, 0) is 6.54 Å². The molecule has 0 bridgehead atoms. The third-order valence-electron chi connectivity index (χ3n) is 4.92. The normalized spacial score (nSPS) is 11.0. The number of imidazole rings is 1. The highest BCUT2D eigenvalue weighted by atomic mass is 35.5. The summed E-state index contributed by atoms with van der Waals surface area (Å²) in [6.45, 7) is 7.79. The Bertz CT molecular complexity index is 1160. The van der Waals surface area contributed by atoms with Crippen LogP contribution in [0.25, 0.3) is 10.2 Å². The summed E-state index contributed by atoms with van der Waals surface area (Å²) in [5.41, 5.74) is 2.78. The van der Waals surface area contributed by atoms with Crippen LogP contribution in [0.5, 0.6) is 0 Å². The molecule has 0 atom stereocenters. The van der Waals surface area contributed by atoms with Crippen molar-refractivity contribution in [3.8, 4) is 0 Å². The lowest BCUT2D eigenvalue weighted by atomic mass is 10.2. The number of halogens is 1. The van der Waals surface area contributed by atoms with Crippen molar-refractivity contribution in [1.29, 1.82) is 0 Å². The average Bonchev–Trinajstić information content (AvgIpc) is 3.41. The largest absolute Gasteiger partial charge is 0.337 e. The van der Waals surface area contributed by atoms with E-state index >= 15 is 0 Å². The Labute approximate surface area is 203 Å². The fourth-order valence-electron chi connectivity index (χ4n) is 3.41. The van der Waals surface area contributed by atoms with Crippen LogP contribution in [0, 0.1) is 6.92 Å². The number of para-hydroxylation sites is 1. The lowest BCUT2D eigenvalue weighted by Crippen LogP contribution is -2.32. The molecule has 0 aliphatic heterocycles. The molecule has 32 heavy (non-hydrogen) atoms. The first-order chi connectivity index (χ1) is 15.0.